The van der Waals surface area contributed by atoms with Crippen LogP contribution < -0.4 is 0 Å². The molecule has 0 bridgehead atoms. The van der Waals surface area contributed by atoms with Gasteiger partial charge >= 0.3 is 0 Å². The Bertz CT molecular complexity index is 833. The molecule has 198 valence electrons. The van der Waals surface area contributed by atoms with Crippen LogP contribution in [0.2, 0.25) is 0 Å². The van der Waals surface area contributed by atoms with E-state index in [0.29, 0.717) is 40.4 Å². The van der Waals surface area contributed by atoms with Gasteiger partial charge in [-0.25, -0.2) is 0 Å². The fraction of sp³-hybridized carbons (Fsp3) is 0.966. The number of tetrazole rings is 1. The van der Waals surface area contributed by atoms with E-state index in [2.05, 4.69) is 48.3 Å². The predicted molar refractivity (Wildman–Crippen MR) is 137 cm³/mol. The number of aromatic amines is 1. The third kappa shape index (κ3) is 4.39. The van der Waals surface area contributed by atoms with Gasteiger partial charge in [0.25, 0.3) is 0 Å². The summed E-state index contributed by atoms with van der Waals surface area (Å²) in [6.07, 6.45) is 14.9. The molecular formula is C29H50N4O2. The molecule has 5 rings (SSSR count). The number of rotatable bonds is 8. The first kappa shape index (κ1) is 25.6. The Labute approximate surface area is 212 Å². The lowest BCUT2D eigenvalue weighted by Crippen LogP contribution is -2.62. The topological polar surface area (TPSA) is 94.9 Å². The molecule has 0 aliphatic heterocycles. The van der Waals surface area contributed by atoms with Crippen molar-refractivity contribution in [3.8, 4) is 0 Å². The summed E-state index contributed by atoms with van der Waals surface area (Å²) in [5, 5.41) is 36.7. The van der Waals surface area contributed by atoms with E-state index in [1.165, 1.54) is 44.9 Å². The van der Waals surface area contributed by atoms with Crippen molar-refractivity contribution in [2.24, 2.45) is 52.3 Å². The third-order valence-corrected chi connectivity index (χ3v) is 12.1. The molecule has 0 aromatic carbocycles. The van der Waals surface area contributed by atoms with Gasteiger partial charge in [-0.3, -0.25) is 0 Å². The number of aryl methyl sites for hydroxylation is 1. The first-order valence-electron chi connectivity index (χ1n) is 14.9. The van der Waals surface area contributed by atoms with Gasteiger partial charge in [-0.2, -0.15) is 5.21 Å². The number of fused-ring (bicyclic) bond motifs is 5. The number of H-pyrrole nitrogens is 1. The predicted octanol–water partition coefficient (Wildman–Crippen LogP) is 5.57. The first-order valence-corrected chi connectivity index (χ1v) is 14.9. The van der Waals surface area contributed by atoms with Gasteiger partial charge in [-0.05, 0) is 104 Å². The molecule has 3 N–H and O–H groups in total. The highest BCUT2D eigenvalue weighted by molar-refractivity contribution is 5.13. The molecule has 1 heterocycles. The lowest BCUT2D eigenvalue weighted by atomic mass is 9.41. The summed E-state index contributed by atoms with van der Waals surface area (Å²) >= 11 is 0. The van der Waals surface area contributed by atoms with Crippen LogP contribution >= 0.6 is 0 Å². The fourth-order valence-corrected chi connectivity index (χ4v) is 10.3. The van der Waals surface area contributed by atoms with Crippen molar-refractivity contribution in [2.75, 3.05) is 0 Å². The lowest BCUT2D eigenvalue weighted by molar-refractivity contribution is -0.203. The van der Waals surface area contributed by atoms with E-state index in [1.807, 2.05) is 0 Å². The van der Waals surface area contributed by atoms with E-state index in [-0.39, 0.29) is 12.2 Å². The summed E-state index contributed by atoms with van der Waals surface area (Å²) < 4.78 is 0. The second-order valence-electron chi connectivity index (χ2n) is 13.5. The number of hydrogen-bond acceptors (Lipinski definition) is 5. The Morgan fingerprint density at radius 2 is 1.74 bits per heavy atom. The van der Waals surface area contributed by atoms with Gasteiger partial charge < -0.3 is 10.2 Å². The Kier molecular flexibility index (Phi) is 7.35. The van der Waals surface area contributed by atoms with Gasteiger partial charge in [0.2, 0.25) is 0 Å². The standard InChI is InChI=1S/C29H50N4O2/c1-5-20-24-17-19(34)13-15-29(24,4)23-14-16-28(3)21(11-12-22(28)26(23)27(20)35)18(2)9-7-6-8-10-25-30-32-33-31-25/h18-24,26-27,34-35H,5-17H2,1-4H3,(H,30,31,32,33)/t18-,19-,20-,21-,22+,23+,24?,26+,27-,28-,29-/m1/s1. The van der Waals surface area contributed by atoms with Crippen LogP contribution in [0.25, 0.3) is 0 Å². The molecule has 4 aliphatic carbocycles. The van der Waals surface area contributed by atoms with Crippen LogP contribution in [0.1, 0.15) is 111 Å². The average Bonchev–Trinajstić information content (AvgIpc) is 3.47. The van der Waals surface area contributed by atoms with E-state index >= 15 is 0 Å². The highest BCUT2D eigenvalue weighted by Crippen LogP contribution is 2.69. The smallest absolute Gasteiger partial charge is 0.174 e. The molecule has 6 heteroatoms. The van der Waals surface area contributed by atoms with Crippen LogP contribution in [-0.4, -0.2) is 43.0 Å². The number of aliphatic hydroxyl groups is 2. The molecule has 0 amide bonds. The SMILES string of the molecule is CC[C@@H]1C2C[C@H](O)CC[C@]2(C)[C@H]2CC[C@]3(C)[C@@H]([C@H](C)CCCCCc4nn[nH]n4)CC[C@H]3[C@@H]2[C@@H]1O. The van der Waals surface area contributed by atoms with Crippen molar-refractivity contribution in [1.82, 2.24) is 20.6 Å². The highest BCUT2D eigenvalue weighted by atomic mass is 16.3. The zero-order chi connectivity index (χ0) is 24.8. The number of aliphatic hydroxyl groups excluding tert-OH is 2. The summed E-state index contributed by atoms with van der Waals surface area (Å²) in [4.78, 5) is 0. The molecule has 0 spiro atoms. The molecule has 1 aromatic rings. The quantitative estimate of drug-likeness (QED) is 0.418. The number of nitrogens with one attached hydrogen (secondary N) is 1. The fourth-order valence-electron chi connectivity index (χ4n) is 10.3. The van der Waals surface area contributed by atoms with Gasteiger partial charge in [-0.1, -0.05) is 58.6 Å². The van der Waals surface area contributed by atoms with Crippen molar-refractivity contribution in [3.05, 3.63) is 5.82 Å². The van der Waals surface area contributed by atoms with Crippen LogP contribution in [0.4, 0.5) is 0 Å². The second-order valence-corrected chi connectivity index (χ2v) is 13.5. The van der Waals surface area contributed by atoms with E-state index in [4.69, 9.17) is 0 Å². The van der Waals surface area contributed by atoms with Gasteiger partial charge in [-0.15, -0.1) is 10.2 Å². The largest absolute Gasteiger partial charge is 0.393 e. The zero-order valence-corrected chi connectivity index (χ0v) is 22.6. The van der Waals surface area contributed by atoms with Crippen molar-refractivity contribution >= 4 is 0 Å². The molecule has 4 fully saturated rings. The summed E-state index contributed by atoms with van der Waals surface area (Å²) in [5.41, 5.74) is 0.676. The molecule has 11 atom stereocenters. The van der Waals surface area contributed by atoms with Gasteiger partial charge in [0, 0.05) is 6.42 Å². The number of hydrogen-bond donors (Lipinski definition) is 3. The minimum absolute atomic E-state index is 0.163. The van der Waals surface area contributed by atoms with E-state index in [1.54, 1.807) is 0 Å². The maximum Gasteiger partial charge on any atom is 0.174 e. The van der Waals surface area contributed by atoms with Crippen molar-refractivity contribution in [2.45, 2.75) is 123 Å². The monoisotopic (exact) mass is 486 g/mol. The minimum Gasteiger partial charge on any atom is -0.393 e. The van der Waals surface area contributed by atoms with Crippen LogP contribution in [0, 0.1) is 52.3 Å². The van der Waals surface area contributed by atoms with Gasteiger partial charge in [0.1, 0.15) is 0 Å². The number of nitrogens with zero attached hydrogens (tertiary/aromatic N) is 3. The third-order valence-electron chi connectivity index (χ3n) is 12.1. The maximum atomic E-state index is 11.9. The van der Waals surface area contributed by atoms with Crippen LogP contribution in [0.3, 0.4) is 0 Å². The number of unbranched alkanes of at least 4 members (excludes halogenated alkanes) is 2. The van der Waals surface area contributed by atoms with Crippen LogP contribution in [0.5, 0.6) is 0 Å². The number of aromatic nitrogens is 4. The van der Waals surface area contributed by atoms with Crippen molar-refractivity contribution in [1.29, 1.82) is 0 Å². The average molecular weight is 487 g/mol. The zero-order valence-electron chi connectivity index (χ0n) is 22.6. The molecule has 35 heavy (non-hydrogen) atoms. The highest BCUT2D eigenvalue weighted by Gasteiger charge is 2.64. The Balaban J connectivity index is 1.25. The van der Waals surface area contributed by atoms with E-state index in [9.17, 15) is 10.2 Å². The summed E-state index contributed by atoms with van der Waals surface area (Å²) in [6.45, 7) is 9.93. The maximum absolute atomic E-state index is 11.9. The molecule has 1 unspecified atom stereocenters. The van der Waals surface area contributed by atoms with E-state index < -0.39 is 0 Å². The Morgan fingerprint density at radius 3 is 2.49 bits per heavy atom. The normalized spacial score (nSPS) is 46.0. The van der Waals surface area contributed by atoms with Crippen LogP contribution in [0.15, 0.2) is 0 Å². The lowest BCUT2D eigenvalue weighted by Gasteiger charge is -2.64. The van der Waals surface area contributed by atoms with Crippen molar-refractivity contribution < 1.29 is 10.2 Å². The Morgan fingerprint density at radius 1 is 0.971 bits per heavy atom. The second kappa shape index (κ2) is 10.0. The molecule has 4 aliphatic rings. The summed E-state index contributed by atoms with van der Waals surface area (Å²) in [6, 6.07) is 0. The Hall–Kier alpha value is -1.01. The molecule has 1 aromatic heterocycles. The molecule has 4 saturated carbocycles. The van der Waals surface area contributed by atoms with Gasteiger partial charge in [0.15, 0.2) is 5.82 Å². The van der Waals surface area contributed by atoms with Crippen LogP contribution in [-0.2, 0) is 6.42 Å². The summed E-state index contributed by atoms with van der Waals surface area (Å²) in [7, 11) is 0. The molecule has 0 saturated heterocycles. The van der Waals surface area contributed by atoms with Crippen molar-refractivity contribution in [3.63, 3.8) is 0 Å². The molecular weight excluding hydrogens is 436 g/mol. The summed E-state index contributed by atoms with van der Waals surface area (Å²) in [5.74, 6) is 4.98. The minimum atomic E-state index is -0.183. The first-order chi connectivity index (χ1) is 16.8. The molecule has 0 radical (unpaired) electrons. The van der Waals surface area contributed by atoms with Gasteiger partial charge in [0.05, 0.1) is 12.2 Å². The molecule has 6 nitrogen and oxygen atoms in total. The van der Waals surface area contributed by atoms with E-state index in [0.717, 1.165) is 56.2 Å².